The van der Waals surface area contributed by atoms with Crippen LogP contribution in [0.5, 0.6) is 0 Å². The summed E-state index contributed by atoms with van der Waals surface area (Å²) in [4.78, 5) is 4.28. The molecule has 90 valence electrons. The number of hydrogen-bond donors (Lipinski definition) is 0. The number of aromatic nitrogens is 1. The topological polar surface area (TPSA) is 56.3 Å². The van der Waals surface area contributed by atoms with Gasteiger partial charge in [0.1, 0.15) is 5.75 Å². The summed E-state index contributed by atoms with van der Waals surface area (Å²) < 4.78 is 27.6. The molecule has 0 spiro atoms. The van der Waals surface area contributed by atoms with Crippen molar-refractivity contribution in [2.24, 2.45) is 0 Å². The largest absolute Gasteiger partial charge is 0.273 e. The second-order valence-corrected chi connectivity index (χ2v) is 5.24. The predicted octanol–water partition coefficient (Wildman–Crippen LogP) is 2.10. The Labute approximate surface area is 100 Å². The molecule has 0 radical (unpaired) electrons. The van der Waals surface area contributed by atoms with Crippen LogP contribution in [-0.2, 0) is 20.1 Å². The van der Waals surface area contributed by atoms with Crippen LogP contribution in [0.25, 0.3) is 10.9 Å². The van der Waals surface area contributed by atoms with Gasteiger partial charge >= 0.3 is 0 Å². The van der Waals surface area contributed by atoms with Crippen molar-refractivity contribution in [2.45, 2.75) is 12.7 Å². The number of nitrogens with zero attached hydrogens (tertiary/aromatic N) is 1. The molecule has 0 aliphatic heterocycles. The third-order valence-corrected chi connectivity index (χ3v) is 3.52. The minimum atomic E-state index is -3.52. The van der Waals surface area contributed by atoms with Crippen molar-refractivity contribution in [3.63, 3.8) is 0 Å². The van der Waals surface area contributed by atoms with Crippen LogP contribution in [-0.4, -0.2) is 20.0 Å². The van der Waals surface area contributed by atoms with Crippen molar-refractivity contribution in [3.05, 3.63) is 42.1 Å². The van der Waals surface area contributed by atoms with E-state index < -0.39 is 10.1 Å². The summed E-state index contributed by atoms with van der Waals surface area (Å²) in [5.41, 5.74) is 1.29. The van der Waals surface area contributed by atoms with E-state index in [2.05, 4.69) is 9.17 Å². The lowest BCUT2D eigenvalue weighted by atomic mass is 10.2. The molecule has 0 unspecified atom stereocenters. The van der Waals surface area contributed by atoms with Gasteiger partial charge in [0.15, 0.2) is 0 Å². The van der Waals surface area contributed by atoms with E-state index in [4.69, 9.17) is 0 Å². The van der Waals surface area contributed by atoms with E-state index >= 15 is 0 Å². The highest BCUT2D eigenvalue weighted by Gasteiger charge is 2.12. The molecule has 0 aliphatic carbocycles. The molecule has 1 aromatic heterocycles. The highest BCUT2D eigenvalue weighted by atomic mass is 32.2. The van der Waals surface area contributed by atoms with Gasteiger partial charge < -0.3 is 0 Å². The van der Waals surface area contributed by atoms with Gasteiger partial charge in [0, 0.05) is 5.39 Å². The fourth-order valence-electron chi connectivity index (χ4n) is 1.59. The van der Waals surface area contributed by atoms with Gasteiger partial charge in [-0.2, -0.15) is 8.42 Å². The first-order valence-electron chi connectivity index (χ1n) is 5.32. The minimum Gasteiger partial charge on any atom is -0.270 e. The van der Waals surface area contributed by atoms with Gasteiger partial charge in [-0.1, -0.05) is 24.3 Å². The first kappa shape index (κ1) is 12.0. The number of hydrogen-bond acceptors (Lipinski definition) is 4. The third kappa shape index (κ3) is 3.01. The standard InChI is InChI=1S/C12H13NO3S/c1-2-16-17(14,15)9-11-8-7-10-5-3-4-6-12(10)13-11/h3-8H,2,9H2,1H3. The van der Waals surface area contributed by atoms with Crippen molar-refractivity contribution in [1.82, 2.24) is 4.98 Å². The molecule has 2 aromatic rings. The number of fused-ring (bicyclic) bond motifs is 1. The summed E-state index contributed by atoms with van der Waals surface area (Å²) in [5, 5.41) is 0.991. The average molecular weight is 251 g/mol. The minimum absolute atomic E-state index is 0.149. The smallest absolute Gasteiger partial charge is 0.270 e. The average Bonchev–Trinajstić information content (AvgIpc) is 2.28. The van der Waals surface area contributed by atoms with Crippen LogP contribution in [0.3, 0.4) is 0 Å². The molecule has 4 nitrogen and oxygen atoms in total. The van der Waals surface area contributed by atoms with Gasteiger partial charge in [-0.05, 0) is 19.1 Å². The normalized spacial score (nSPS) is 11.8. The first-order chi connectivity index (χ1) is 8.11. The fourth-order valence-corrected chi connectivity index (χ4v) is 2.56. The molecule has 0 amide bonds. The van der Waals surface area contributed by atoms with Crippen molar-refractivity contribution in [3.8, 4) is 0 Å². The van der Waals surface area contributed by atoms with E-state index in [0.717, 1.165) is 10.9 Å². The van der Waals surface area contributed by atoms with Crippen LogP contribution in [0.15, 0.2) is 36.4 Å². The zero-order chi connectivity index (χ0) is 12.3. The molecule has 17 heavy (non-hydrogen) atoms. The van der Waals surface area contributed by atoms with E-state index in [1.165, 1.54) is 0 Å². The highest BCUT2D eigenvalue weighted by Crippen LogP contribution is 2.13. The Morgan fingerprint density at radius 2 is 1.94 bits per heavy atom. The van der Waals surface area contributed by atoms with Gasteiger partial charge in [-0.3, -0.25) is 9.17 Å². The highest BCUT2D eigenvalue weighted by molar-refractivity contribution is 7.85. The molecular weight excluding hydrogens is 238 g/mol. The molecule has 0 saturated carbocycles. The molecule has 0 atom stereocenters. The molecule has 0 bridgehead atoms. The molecule has 2 rings (SSSR count). The number of rotatable bonds is 4. The van der Waals surface area contributed by atoms with E-state index in [1.54, 1.807) is 13.0 Å². The van der Waals surface area contributed by atoms with Crippen molar-refractivity contribution >= 4 is 21.0 Å². The third-order valence-electron chi connectivity index (χ3n) is 2.28. The Morgan fingerprint density at radius 1 is 1.18 bits per heavy atom. The quantitative estimate of drug-likeness (QED) is 0.781. The zero-order valence-corrected chi connectivity index (χ0v) is 10.3. The van der Waals surface area contributed by atoms with Crippen molar-refractivity contribution in [1.29, 1.82) is 0 Å². The molecule has 0 aliphatic rings. The van der Waals surface area contributed by atoms with E-state index in [9.17, 15) is 8.42 Å². The van der Waals surface area contributed by atoms with E-state index in [-0.39, 0.29) is 12.4 Å². The van der Waals surface area contributed by atoms with Crippen LogP contribution in [0, 0.1) is 0 Å². The first-order valence-corrected chi connectivity index (χ1v) is 6.90. The second kappa shape index (κ2) is 4.81. The molecule has 0 N–H and O–H groups in total. The lowest BCUT2D eigenvalue weighted by Crippen LogP contribution is -2.09. The van der Waals surface area contributed by atoms with Gasteiger partial charge in [-0.15, -0.1) is 0 Å². The van der Waals surface area contributed by atoms with Crippen LogP contribution in [0.1, 0.15) is 12.6 Å². The number of para-hydroxylation sites is 1. The van der Waals surface area contributed by atoms with Gasteiger partial charge in [0.2, 0.25) is 0 Å². The summed E-state index contributed by atoms with van der Waals surface area (Å²) >= 11 is 0. The Balaban J connectivity index is 2.31. The Bertz CT molecular complexity index is 622. The second-order valence-electron chi connectivity index (χ2n) is 3.60. The van der Waals surface area contributed by atoms with Gasteiger partial charge in [0.05, 0.1) is 17.8 Å². The van der Waals surface area contributed by atoms with Gasteiger partial charge in [0.25, 0.3) is 10.1 Å². The van der Waals surface area contributed by atoms with Crippen LogP contribution >= 0.6 is 0 Å². The molecule has 5 heteroatoms. The fraction of sp³-hybridized carbons (Fsp3) is 0.250. The molecular formula is C12H13NO3S. The van der Waals surface area contributed by atoms with Gasteiger partial charge in [-0.25, -0.2) is 0 Å². The maximum atomic E-state index is 11.5. The number of pyridine rings is 1. The predicted molar refractivity (Wildman–Crippen MR) is 66.0 cm³/mol. The molecule has 1 aromatic carbocycles. The summed E-state index contributed by atoms with van der Waals surface area (Å²) in [6, 6.07) is 11.1. The monoisotopic (exact) mass is 251 g/mol. The Morgan fingerprint density at radius 3 is 2.71 bits per heavy atom. The maximum Gasteiger partial charge on any atom is 0.273 e. The maximum absolute atomic E-state index is 11.5. The van der Waals surface area contributed by atoms with E-state index in [1.807, 2.05) is 30.3 Å². The van der Waals surface area contributed by atoms with E-state index in [0.29, 0.717) is 5.69 Å². The summed E-state index contributed by atoms with van der Waals surface area (Å²) in [6.45, 7) is 1.79. The Hall–Kier alpha value is -1.46. The number of benzene rings is 1. The SMILES string of the molecule is CCOS(=O)(=O)Cc1ccc2ccccc2n1. The summed E-state index contributed by atoms with van der Waals surface area (Å²) in [5.74, 6) is -0.189. The summed E-state index contributed by atoms with van der Waals surface area (Å²) in [7, 11) is -3.52. The Kier molecular flexibility index (Phi) is 3.40. The zero-order valence-electron chi connectivity index (χ0n) is 9.46. The lowest BCUT2D eigenvalue weighted by Gasteiger charge is -2.04. The lowest BCUT2D eigenvalue weighted by molar-refractivity contribution is 0.337. The van der Waals surface area contributed by atoms with Crippen LogP contribution in [0.4, 0.5) is 0 Å². The molecule has 1 heterocycles. The van der Waals surface area contributed by atoms with Crippen molar-refractivity contribution in [2.75, 3.05) is 6.61 Å². The molecule has 0 fully saturated rings. The van der Waals surface area contributed by atoms with Crippen LogP contribution < -0.4 is 0 Å². The summed E-state index contributed by atoms with van der Waals surface area (Å²) in [6.07, 6.45) is 0. The molecule has 0 saturated heterocycles. The van der Waals surface area contributed by atoms with Crippen LogP contribution in [0.2, 0.25) is 0 Å². The van der Waals surface area contributed by atoms with Crippen molar-refractivity contribution < 1.29 is 12.6 Å².